The predicted octanol–water partition coefficient (Wildman–Crippen LogP) is 3.85. The molecule has 4 rings (SSSR count). The van der Waals surface area contributed by atoms with E-state index in [4.69, 9.17) is 9.15 Å². The van der Waals surface area contributed by atoms with Crippen molar-refractivity contribution in [3.8, 4) is 5.75 Å². The zero-order chi connectivity index (χ0) is 24.6. The third-order valence-electron chi connectivity index (χ3n) is 6.09. The first-order valence-corrected chi connectivity index (χ1v) is 11.7. The number of rotatable bonds is 9. The summed E-state index contributed by atoms with van der Waals surface area (Å²) in [6.45, 7) is -0.314. The maximum absolute atomic E-state index is 13.6. The Balaban J connectivity index is 1.66. The molecular weight excluding hydrogens is 446 g/mol. The average Bonchev–Trinajstić information content (AvgIpc) is 3.61. The van der Waals surface area contributed by atoms with Crippen LogP contribution in [0.2, 0.25) is 0 Å². The lowest BCUT2D eigenvalue weighted by atomic mass is 10.0. The summed E-state index contributed by atoms with van der Waals surface area (Å²) < 4.78 is 10.4. The van der Waals surface area contributed by atoms with Crippen molar-refractivity contribution in [2.45, 2.75) is 37.8 Å². The lowest BCUT2D eigenvalue weighted by Crippen LogP contribution is -2.49. The first kappa shape index (κ1) is 24.1. The second-order valence-electron chi connectivity index (χ2n) is 8.42. The van der Waals surface area contributed by atoms with E-state index in [1.54, 1.807) is 37.4 Å². The quantitative estimate of drug-likeness (QED) is 0.490. The van der Waals surface area contributed by atoms with Gasteiger partial charge in [-0.05, 0) is 54.8 Å². The molecule has 182 valence electrons. The summed E-state index contributed by atoms with van der Waals surface area (Å²) in [5, 5.41) is 5.73. The predicted molar refractivity (Wildman–Crippen MR) is 131 cm³/mol. The lowest BCUT2D eigenvalue weighted by Gasteiger charge is -2.32. The number of furan rings is 1. The molecule has 3 aromatic rings. The number of hydrogen-bond donors (Lipinski definition) is 2. The molecule has 8 heteroatoms. The molecule has 1 heterocycles. The van der Waals surface area contributed by atoms with Crippen molar-refractivity contribution in [3.63, 3.8) is 0 Å². The van der Waals surface area contributed by atoms with Gasteiger partial charge in [0.2, 0.25) is 11.8 Å². The SMILES string of the molecule is COc1ccc(N(C(=O)CNC(=O)c2ccco2)[C@H](C(=O)NC2CCCC2)c2ccccc2)cc1. The van der Waals surface area contributed by atoms with Gasteiger partial charge in [-0.25, -0.2) is 0 Å². The van der Waals surface area contributed by atoms with Gasteiger partial charge in [-0.15, -0.1) is 0 Å². The van der Waals surface area contributed by atoms with Crippen LogP contribution in [0, 0.1) is 0 Å². The van der Waals surface area contributed by atoms with Gasteiger partial charge in [-0.1, -0.05) is 43.2 Å². The summed E-state index contributed by atoms with van der Waals surface area (Å²) in [6, 6.07) is 18.4. The molecule has 1 aliphatic carbocycles. The summed E-state index contributed by atoms with van der Waals surface area (Å²) in [7, 11) is 1.56. The fourth-order valence-electron chi connectivity index (χ4n) is 4.32. The van der Waals surface area contributed by atoms with E-state index < -0.39 is 17.9 Å². The van der Waals surface area contributed by atoms with Crippen molar-refractivity contribution in [2.75, 3.05) is 18.6 Å². The third-order valence-corrected chi connectivity index (χ3v) is 6.09. The van der Waals surface area contributed by atoms with E-state index in [1.807, 2.05) is 30.3 Å². The van der Waals surface area contributed by atoms with Crippen molar-refractivity contribution in [1.82, 2.24) is 10.6 Å². The monoisotopic (exact) mass is 475 g/mol. The lowest BCUT2D eigenvalue weighted by molar-refractivity contribution is -0.126. The van der Waals surface area contributed by atoms with Crippen molar-refractivity contribution in [2.24, 2.45) is 0 Å². The Labute approximate surface area is 204 Å². The Morgan fingerprint density at radius 2 is 1.71 bits per heavy atom. The van der Waals surface area contributed by atoms with Gasteiger partial charge in [0, 0.05) is 11.7 Å². The van der Waals surface area contributed by atoms with Crippen LogP contribution in [0.25, 0.3) is 0 Å². The first-order chi connectivity index (χ1) is 17.1. The molecular formula is C27H29N3O5. The zero-order valence-electron chi connectivity index (χ0n) is 19.6. The molecule has 1 aromatic heterocycles. The van der Waals surface area contributed by atoms with Crippen molar-refractivity contribution in [3.05, 3.63) is 84.3 Å². The largest absolute Gasteiger partial charge is 0.497 e. The minimum atomic E-state index is -0.918. The van der Waals surface area contributed by atoms with Crippen LogP contribution < -0.4 is 20.3 Å². The summed E-state index contributed by atoms with van der Waals surface area (Å²) in [6.07, 6.45) is 5.37. The molecule has 1 fully saturated rings. The number of hydrogen-bond acceptors (Lipinski definition) is 5. The van der Waals surface area contributed by atoms with Crippen LogP contribution in [0.1, 0.15) is 47.8 Å². The summed E-state index contributed by atoms with van der Waals surface area (Å²) in [5.74, 6) is -0.480. The molecule has 3 amide bonds. The van der Waals surface area contributed by atoms with Crippen LogP contribution in [0.5, 0.6) is 5.75 Å². The standard InChI is InChI=1S/C27H29N3O5/c1-34-22-15-13-21(14-16-22)30(24(31)18-28-26(32)23-12-7-17-35-23)25(19-8-3-2-4-9-19)27(33)29-20-10-5-6-11-20/h2-4,7-9,12-17,20,25H,5-6,10-11,18H2,1H3,(H,28,32)(H,29,33)/t25-/m0/s1. The summed E-state index contributed by atoms with van der Waals surface area (Å²) >= 11 is 0. The normalized spacial score (nSPS) is 14.2. The van der Waals surface area contributed by atoms with Gasteiger partial charge in [-0.3, -0.25) is 19.3 Å². The van der Waals surface area contributed by atoms with Gasteiger partial charge in [0.15, 0.2) is 5.76 Å². The Kier molecular flexibility index (Phi) is 7.82. The minimum absolute atomic E-state index is 0.0835. The van der Waals surface area contributed by atoms with Crippen molar-refractivity contribution >= 4 is 23.4 Å². The minimum Gasteiger partial charge on any atom is -0.497 e. The van der Waals surface area contributed by atoms with Crippen LogP contribution in [0.15, 0.2) is 77.4 Å². The Morgan fingerprint density at radius 1 is 1.00 bits per heavy atom. The van der Waals surface area contributed by atoms with Gasteiger partial charge >= 0.3 is 0 Å². The number of nitrogens with zero attached hydrogens (tertiary/aromatic N) is 1. The number of methoxy groups -OCH3 is 1. The molecule has 2 N–H and O–H groups in total. The molecule has 1 saturated carbocycles. The number of amides is 3. The second-order valence-corrected chi connectivity index (χ2v) is 8.42. The highest BCUT2D eigenvalue weighted by Crippen LogP contribution is 2.30. The number of anilines is 1. The zero-order valence-corrected chi connectivity index (χ0v) is 19.6. The van der Waals surface area contributed by atoms with E-state index in [1.165, 1.54) is 17.2 Å². The molecule has 0 bridgehead atoms. The van der Waals surface area contributed by atoms with E-state index in [0.717, 1.165) is 25.7 Å². The molecule has 0 spiro atoms. The highest BCUT2D eigenvalue weighted by molar-refractivity contribution is 6.04. The fourth-order valence-corrected chi connectivity index (χ4v) is 4.32. The fraction of sp³-hybridized carbons (Fsp3) is 0.296. The second kappa shape index (κ2) is 11.4. The molecule has 0 radical (unpaired) electrons. The Morgan fingerprint density at radius 3 is 2.34 bits per heavy atom. The van der Waals surface area contributed by atoms with Gasteiger partial charge in [-0.2, -0.15) is 0 Å². The number of carbonyl (C=O) groups excluding carboxylic acids is 3. The Hall–Kier alpha value is -4.07. The molecule has 1 aliphatic rings. The summed E-state index contributed by atoms with van der Waals surface area (Å²) in [4.78, 5) is 41.1. The van der Waals surface area contributed by atoms with Gasteiger partial charge in [0.05, 0.1) is 19.9 Å². The number of nitrogens with one attached hydrogen (secondary N) is 2. The first-order valence-electron chi connectivity index (χ1n) is 11.7. The average molecular weight is 476 g/mol. The number of ether oxygens (including phenoxy) is 1. The maximum atomic E-state index is 13.6. The smallest absolute Gasteiger partial charge is 0.287 e. The van der Waals surface area contributed by atoms with Gasteiger partial charge < -0.3 is 19.8 Å². The maximum Gasteiger partial charge on any atom is 0.287 e. The van der Waals surface area contributed by atoms with E-state index in [-0.39, 0.29) is 24.3 Å². The number of carbonyl (C=O) groups is 3. The van der Waals surface area contributed by atoms with E-state index >= 15 is 0 Å². The van der Waals surface area contributed by atoms with Crippen LogP contribution in [0.3, 0.4) is 0 Å². The molecule has 1 atom stereocenters. The van der Waals surface area contributed by atoms with Crippen molar-refractivity contribution < 1.29 is 23.5 Å². The Bertz CT molecular complexity index is 1120. The van der Waals surface area contributed by atoms with E-state index in [2.05, 4.69) is 10.6 Å². The highest BCUT2D eigenvalue weighted by atomic mass is 16.5. The van der Waals surface area contributed by atoms with Crippen LogP contribution in [-0.4, -0.2) is 37.4 Å². The van der Waals surface area contributed by atoms with E-state index in [9.17, 15) is 14.4 Å². The molecule has 0 aliphatic heterocycles. The highest BCUT2D eigenvalue weighted by Gasteiger charge is 2.34. The molecule has 0 saturated heterocycles. The van der Waals surface area contributed by atoms with Crippen LogP contribution >= 0.6 is 0 Å². The summed E-state index contributed by atoms with van der Waals surface area (Å²) in [5.41, 5.74) is 1.18. The van der Waals surface area contributed by atoms with Gasteiger partial charge in [0.1, 0.15) is 11.8 Å². The van der Waals surface area contributed by atoms with Crippen molar-refractivity contribution in [1.29, 1.82) is 0 Å². The van der Waals surface area contributed by atoms with Crippen LogP contribution in [0.4, 0.5) is 5.69 Å². The van der Waals surface area contributed by atoms with E-state index in [0.29, 0.717) is 17.0 Å². The topological polar surface area (TPSA) is 101 Å². The van der Waals surface area contributed by atoms with Crippen LogP contribution in [-0.2, 0) is 9.59 Å². The third kappa shape index (κ3) is 5.90. The molecule has 35 heavy (non-hydrogen) atoms. The van der Waals surface area contributed by atoms with Gasteiger partial charge in [0.25, 0.3) is 5.91 Å². The number of benzene rings is 2. The molecule has 2 aromatic carbocycles. The molecule has 0 unspecified atom stereocenters. The molecule has 8 nitrogen and oxygen atoms in total.